The van der Waals surface area contributed by atoms with Crippen molar-refractivity contribution < 1.29 is 4.74 Å². The average molecular weight is 331 g/mol. The van der Waals surface area contributed by atoms with Crippen LogP contribution in [0.5, 0.6) is 0 Å². The Labute approximate surface area is 131 Å². The third-order valence-electron chi connectivity index (χ3n) is 3.57. The summed E-state index contributed by atoms with van der Waals surface area (Å²) < 4.78 is 7.26. The first kappa shape index (κ1) is 14.1. The number of aromatic nitrogens is 4. The Kier molecular flexibility index (Phi) is 3.66. The van der Waals surface area contributed by atoms with Crippen LogP contribution < -0.4 is 0 Å². The van der Waals surface area contributed by atoms with E-state index in [4.69, 9.17) is 27.9 Å². The molecule has 2 aromatic rings. The number of thiol groups is 1. The molecule has 0 amide bonds. The van der Waals surface area contributed by atoms with Crippen LogP contribution >= 0.6 is 35.8 Å². The summed E-state index contributed by atoms with van der Waals surface area (Å²) in [5.74, 6) is 0.849. The number of halogens is 2. The molecule has 1 aliphatic rings. The highest BCUT2D eigenvalue weighted by atomic mass is 35.5. The van der Waals surface area contributed by atoms with Crippen LogP contribution in [0.25, 0.3) is 0 Å². The van der Waals surface area contributed by atoms with Crippen LogP contribution in [-0.2, 0) is 23.6 Å². The molecule has 8 heteroatoms. The zero-order chi connectivity index (χ0) is 14.3. The number of hydrogen-bond acceptors (Lipinski definition) is 5. The Bertz CT molecular complexity index is 637. The predicted molar refractivity (Wildman–Crippen MR) is 78.7 cm³/mol. The van der Waals surface area contributed by atoms with Crippen molar-refractivity contribution in [1.29, 1.82) is 0 Å². The summed E-state index contributed by atoms with van der Waals surface area (Å²) in [6.07, 6.45) is 0.688. The highest BCUT2D eigenvalue weighted by Crippen LogP contribution is 2.37. The third-order valence-corrected chi connectivity index (χ3v) is 4.35. The van der Waals surface area contributed by atoms with Crippen LogP contribution in [0.3, 0.4) is 0 Å². The van der Waals surface area contributed by atoms with Gasteiger partial charge >= 0.3 is 0 Å². The maximum absolute atomic E-state index is 5.99. The van der Waals surface area contributed by atoms with E-state index in [0.29, 0.717) is 35.1 Å². The Balaban J connectivity index is 1.97. The van der Waals surface area contributed by atoms with Gasteiger partial charge in [-0.15, -0.1) is 22.8 Å². The highest BCUT2D eigenvalue weighted by molar-refractivity contribution is 7.80. The van der Waals surface area contributed by atoms with Crippen molar-refractivity contribution in [3.05, 3.63) is 33.8 Å². The molecule has 20 heavy (non-hydrogen) atoms. The lowest BCUT2D eigenvalue weighted by molar-refractivity contribution is -0.0611. The van der Waals surface area contributed by atoms with Crippen molar-refractivity contribution in [3.63, 3.8) is 0 Å². The van der Waals surface area contributed by atoms with Crippen molar-refractivity contribution in [2.75, 3.05) is 13.2 Å². The van der Waals surface area contributed by atoms with E-state index in [2.05, 4.69) is 27.8 Å². The maximum atomic E-state index is 5.99. The molecule has 1 aliphatic heterocycles. The first-order valence-electron chi connectivity index (χ1n) is 5.99. The summed E-state index contributed by atoms with van der Waals surface area (Å²) in [4.78, 5) is 3.98. The number of nitrogens with zero attached hydrogens (tertiary/aromatic N) is 4. The van der Waals surface area contributed by atoms with E-state index in [1.807, 2.05) is 23.7 Å². The molecule has 3 heterocycles. The maximum Gasteiger partial charge on any atom is 0.187 e. The lowest BCUT2D eigenvalue weighted by Gasteiger charge is -2.41. The molecule has 1 saturated heterocycles. The minimum absolute atomic E-state index is 0.183. The van der Waals surface area contributed by atoms with E-state index in [0.717, 1.165) is 11.4 Å². The van der Waals surface area contributed by atoms with Gasteiger partial charge in [0, 0.05) is 18.9 Å². The summed E-state index contributed by atoms with van der Waals surface area (Å²) in [5, 5.41) is 9.46. The van der Waals surface area contributed by atoms with Gasteiger partial charge in [0.2, 0.25) is 0 Å². The Morgan fingerprint density at radius 2 is 1.95 bits per heavy atom. The summed E-state index contributed by atoms with van der Waals surface area (Å²) in [5.41, 5.74) is 0.828. The highest BCUT2D eigenvalue weighted by Gasteiger charge is 2.42. The molecule has 0 unspecified atom stereocenters. The lowest BCUT2D eigenvalue weighted by atomic mass is 9.76. The predicted octanol–water partition coefficient (Wildman–Crippen LogP) is 2.32. The van der Waals surface area contributed by atoms with Gasteiger partial charge in [-0.3, -0.25) is 0 Å². The summed E-state index contributed by atoms with van der Waals surface area (Å²) in [6, 6.07) is 3.65. The summed E-state index contributed by atoms with van der Waals surface area (Å²) in [6.45, 7) is 1.19. The number of pyridine rings is 1. The molecule has 5 nitrogen and oxygen atoms in total. The average Bonchev–Trinajstić information content (AvgIpc) is 2.64. The molecule has 0 saturated carbocycles. The third kappa shape index (κ3) is 2.41. The minimum Gasteiger partial charge on any atom is -0.379 e. The molecular formula is C12H12Cl2N4OS. The van der Waals surface area contributed by atoms with E-state index in [1.54, 1.807) is 0 Å². The van der Waals surface area contributed by atoms with Crippen LogP contribution in [-0.4, -0.2) is 33.0 Å². The van der Waals surface area contributed by atoms with Crippen LogP contribution in [0.4, 0.5) is 0 Å². The fourth-order valence-corrected chi connectivity index (χ4v) is 2.92. The second-order valence-corrected chi connectivity index (χ2v) is 6.10. The largest absolute Gasteiger partial charge is 0.379 e. The van der Waals surface area contributed by atoms with Gasteiger partial charge in [-0.25, -0.2) is 4.98 Å². The van der Waals surface area contributed by atoms with Crippen molar-refractivity contribution in [1.82, 2.24) is 19.7 Å². The molecule has 0 N–H and O–H groups in total. The van der Waals surface area contributed by atoms with Gasteiger partial charge in [-0.05, 0) is 17.7 Å². The SMILES string of the molecule is Cn1c(S)nnc1CC1(c2cc(Cl)nc(Cl)c2)COC1. The Morgan fingerprint density at radius 3 is 2.40 bits per heavy atom. The zero-order valence-corrected chi connectivity index (χ0v) is 13.1. The molecule has 0 aliphatic carbocycles. The van der Waals surface area contributed by atoms with Crippen LogP contribution in [0, 0.1) is 0 Å². The van der Waals surface area contributed by atoms with Crippen LogP contribution in [0.1, 0.15) is 11.4 Å². The van der Waals surface area contributed by atoms with E-state index >= 15 is 0 Å². The topological polar surface area (TPSA) is 52.8 Å². The lowest BCUT2D eigenvalue weighted by Crippen LogP contribution is -2.49. The van der Waals surface area contributed by atoms with Gasteiger partial charge in [0.05, 0.1) is 13.2 Å². The molecule has 106 valence electrons. The second kappa shape index (κ2) is 5.18. The van der Waals surface area contributed by atoms with E-state index in [9.17, 15) is 0 Å². The van der Waals surface area contributed by atoms with Gasteiger partial charge < -0.3 is 9.30 Å². The fraction of sp³-hybridized carbons (Fsp3) is 0.417. The van der Waals surface area contributed by atoms with Crippen molar-refractivity contribution in [3.8, 4) is 0 Å². The van der Waals surface area contributed by atoms with Gasteiger partial charge in [0.25, 0.3) is 0 Å². The Hall–Kier alpha value is -0.820. The molecule has 0 radical (unpaired) electrons. The molecule has 0 atom stereocenters. The monoisotopic (exact) mass is 330 g/mol. The van der Waals surface area contributed by atoms with Crippen molar-refractivity contribution >= 4 is 35.8 Å². The Morgan fingerprint density at radius 1 is 1.30 bits per heavy atom. The fourth-order valence-electron chi connectivity index (χ4n) is 2.30. The van der Waals surface area contributed by atoms with Gasteiger partial charge in [-0.2, -0.15) is 0 Å². The zero-order valence-electron chi connectivity index (χ0n) is 10.7. The number of rotatable bonds is 3. The standard InChI is InChI=1S/C12H12Cl2N4OS/c1-18-10(16-17-11(18)20)4-12(5-19-6-12)7-2-8(13)15-9(14)3-7/h2-3H,4-6H2,1H3,(H,17,20). The van der Waals surface area contributed by atoms with E-state index in [-0.39, 0.29) is 5.41 Å². The summed E-state index contributed by atoms with van der Waals surface area (Å²) in [7, 11) is 1.89. The molecule has 2 aromatic heterocycles. The molecule has 0 spiro atoms. The quantitative estimate of drug-likeness (QED) is 0.693. The molecular weight excluding hydrogens is 319 g/mol. The number of hydrogen-bond donors (Lipinski definition) is 1. The van der Waals surface area contributed by atoms with Gasteiger partial charge in [0.1, 0.15) is 16.1 Å². The van der Waals surface area contributed by atoms with Crippen LogP contribution in [0.2, 0.25) is 10.3 Å². The second-order valence-electron chi connectivity index (χ2n) is 4.93. The molecule has 0 aromatic carbocycles. The van der Waals surface area contributed by atoms with Crippen LogP contribution in [0.15, 0.2) is 17.3 Å². The van der Waals surface area contributed by atoms with E-state index < -0.39 is 0 Å². The summed E-state index contributed by atoms with van der Waals surface area (Å²) >= 11 is 16.2. The van der Waals surface area contributed by atoms with Gasteiger partial charge in [0.15, 0.2) is 5.16 Å². The molecule has 0 bridgehead atoms. The van der Waals surface area contributed by atoms with Crippen molar-refractivity contribution in [2.24, 2.45) is 7.05 Å². The number of ether oxygens (including phenoxy) is 1. The first-order valence-corrected chi connectivity index (χ1v) is 7.19. The van der Waals surface area contributed by atoms with E-state index in [1.165, 1.54) is 0 Å². The molecule has 1 fully saturated rings. The van der Waals surface area contributed by atoms with Crippen molar-refractivity contribution in [2.45, 2.75) is 17.0 Å². The van der Waals surface area contributed by atoms with Gasteiger partial charge in [-0.1, -0.05) is 23.2 Å². The normalized spacial score (nSPS) is 17.0. The first-order chi connectivity index (χ1) is 9.50. The minimum atomic E-state index is -0.183. The smallest absolute Gasteiger partial charge is 0.187 e. The molecule has 3 rings (SSSR count).